The van der Waals surface area contributed by atoms with Crippen LogP contribution in [0.25, 0.3) is 0 Å². The fourth-order valence-electron chi connectivity index (χ4n) is 4.05. The first kappa shape index (κ1) is 24.0. The molecular formula is C24H25FN5O5+. The van der Waals surface area contributed by atoms with Crippen molar-refractivity contribution in [2.24, 2.45) is 5.73 Å². The molecule has 11 heteroatoms. The topological polar surface area (TPSA) is 143 Å². The van der Waals surface area contributed by atoms with Crippen LogP contribution in [-0.4, -0.2) is 56.8 Å². The fraction of sp³-hybridized carbons (Fsp3) is 0.250. The summed E-state index contributed by atoms with van der Waals surface area (Å²) in [6.07, 6.45) is 0.181. The van der Waals surface area contributed by atoms with Crippen molar-refractivity contribution in [3.05, 3.63) is 59.6 Å². The van der Waals surface area contributed by atoms with Crippen LogP contribution in [0.5, 0.6) is 5.75 Å². The molecule has 2 heterocycles. The van der Waals surface area contributed by atoms with Gasteiger partial charge in [0.1, 0.15) is 18.1 Å². The molecule has 5 N–H and O–H groups in total. The number of quaternary nitrogens is 1. The lowest BCUT2D eigenvalue weighted by molar-refractivity contribution is -0.514. The quantitative estimate of drug-likeness (QED) is 0.391. The molecule has 1 saturated heterocycles. The summed E-state index contributed by atoms with van der Waals surface area (Å²) >= 11 is 0. The molecule has 0 spiro atoms. The van der Waals surface area contributed by atoms with Gasteiger partial charge in [-0.15, -0.1) is 0 Å². The van der Waals surface area contributed by atoms with E-state index in [-0.39, 0.29) is 42.4 Å². The minimum Gasteiger partial charge on any atom is -0.497 e. The Kier molecular flexibility index (Phi) is 6.90. The summed E-state index contributed by atoms with van der Waals surface area (Å²) in [7, 11) is 1.41. The van der Waals surface area contributed by atoms with E-state index in [9.17, 15) is 18.8 Å². The third-order valence-electron chi connectivity index (χ3n) is 5.90. The first-order chi connectivity index (χ1) is 16.8. The van der Waals surface area contributed by atoms with Crippen molar-refractivity contribution in [3.63, 3.8) is 0 Å². The summed E-state index contributed by atoms with van der Waals surface area (Å²) in [5, 5.41) is 9.40. The molecule has 35 heavy (non-hydrogen) atoms. The van der Waals surface area contributed by atoms with Crippen LogP contribution in [0.3, 0.4) is 0 Å². The first-order valence-corrected chi connectivity index (χ1v) is 10.9. The molecule has 2 aromatic carbocycles. The number of hydrogen-bond acceptors (Lipinski definition) is 6. The third kappa shape index (κ3) is 4.91. The Labute approximate surface area is 200 Å². The molecule has 4 rings (SSSR count). The molecule has 0 atom stereocenters. The summed E-state index contributed by atoms with van der Waals surface area (Å²) in [6.45, 7) is 1.10. The molecule has 2 aliphatic heterocycles. The van der Waals surface area contributed by atoms with Crippen molar-refractivity contribution < 1.29 is 33.6 Å². The number of carbonyl (C=O) groups excluding carboxylic acids is 3. The number of methoxy groups -OCH3 is 1. The van der Waals surface area contributed by atoms with E-state index in [4.69, 9.17) is 20.6 Å². The van der Waals surface area contributed by atoms with E-state index in [1.54, 1.807) is 35.2 Å². The van der Waals surface area contributed by atoms with Gasteiger partial charge in [0.2, 0.25) is 5.70 Å². The maximum atomic E-state index is 14.6. The van der Waals surface area contributed by atoms with E-state index in [0.29, 0.717) is 30.3 Å². The SMILES string of the molecule is COc1ccc([NH2+]C2=C(C(=N)C(N)=O)CCN(c3ccc(N4CCOCC4=O)cc3)C2=O)c(F)c1. The van der Waals surface area contributed by atoms with Gasteiger partial charge in [0.15, 0.2) is 11.5 Å². The second-order valence-corrected chi connectivity index (χ2v) is 7.98. The summed E-state index contributed by atoms with van der Waals surface area (Å²) < 4.78 is 24.8. The molecule has 182 valence electrons. The zero-order valence-electron chi connectivity index (χ0n) is 19.0. The number of hydrogen-bond donors (Lipinski definition) is 3. The van der Waals surface area contributed by atoms with Gasteiger partial charge in [0.05, 0.1) is 19.3 Å². The molecule has 1 fully saturated rings. The molecule has 0 unspecified atom stereocenters. The number of carbonyl (C=O) groups is 3. The molecule has 3 amide bonds. The Balaban J connectivity index is 1.64. The zero-order valence-corrected chi connectivity index (χ0v) is 19.0. The highest BCUT2D eigenvalue weighted by Gasteiger charge is 2.35. The van der Waals surface area contributed by atoms with Crippen molar-refractivity contribution in [1.82, 2.24) is 0 Å². The number of nitrogens with zero attached hydrogens (tertiary/aromatic N) is 2. The zero-order chi connectivity index (χ0) is 25.1. The second-order valence-electron chi connectivity index (χ2n) is 7.98. The monoisotopic (exact) mass is 482 g/mol. The lowest BCUT2D eigenvalue weighted by Crippen LogP contribution is -2.80. The average molecular weight is 482 g/mol. The van der Waals surface area contributed by atoms with E-state index in [0.717, 1.165) is 0 Å². The number of anilines is 2. The number of halogens is 1. The van der Waals surface area contributed by atoms with Gasteiger partial charge in [-0.3, -0.25) is 25.1 Å². The fourth-order valence-corrected chi connectivity index (χ4v) is 4.05. The Hall–Kier alpha value is -4.09. The van der Waals surface area contributed by atoms with Crippen molar-refractivity contribution in [2.75, 3.05) is 43.2 Å². The first-order valence-electron chi connectivity index (χ1n) is 10.9. The van der Waals surface area contributed by atoms with Gasteiger partial charge < -0.3 is 25.0 Å². The summed E-state index contributed by atoms with van der Waals surface area (Å²) in [6, 6.07) is 11.1. The maximum absolute atomic E-state index is 14.6. The van der Waals surface area contributed by atoms with E-state index in [1.165, 1.54) is 29.5 Å². The van der Waals surface area contributed by atoms with Crippen LogP contribution in [0.4, 0.5) is 21.5 Å². The highest BCUT2D eigenvalue weighted by Crippen LogP contribution is 2.27. The van der Waals surface area contributed by atoms with E-state index in [1.807, 2.05) is 0 Å². The molecule has 2 aliphatic rings. The second kappa shape index (κ2) is 10.0. The summed E-state index contributed by atoms with van der Waals surface area (Å²) in [5.74, 6) is -1.92. The molecule has 0 saturated carbocycles. The summed E-state index contributed by atoms with van der Waals surface area (Å²) in [4.78, 5) is 40.4. The van der Waals surface area contributed by atoms with Gasteiger partial charge >= 0.3 is 5.91 Å². The predicted molar refractivity (Wildman–Crippen MR) is 125 cm³/mol. The lowest BCUT2D eigenvalue weighted by atomic mass is 9.98. The Morgan fingerprint density at radius 2 is 1.80 bits per heavy atom. The van der Waals surface area contributed by atoms with Crippen molar-refractivity contribution >= 4 is 40.5 Å². The number of nitrogens with one attached hydrogen (secondary N) is 1. The van der Waals surface area contributed by atoms with Crippen LogP contribution in [-0.2, 0) is 19.1 Å². The van der Waals surface area contributed by atoms with Gasteiger partial charge in [-0.25, -0.2) is 4.39 Å². The highest BCUT2D eigenvalue weighted by atomic mass is 19.1. The molecule has 0 bridgehead atoms. The number of morpholine rings is 1. The predicted octanol–water partition coefficient (Wildman–Crippen LogP) is 0.588. The van der Waals surface area contributed by atoms with E-state index in [2.05, 4.69) is 0 Å². The van der Waals surface area contributed by atoms with Gasteiger partial charge in [0.25, 0.3) is 11.8 Å². The molecule has 2 aromatic rings. The van der Waals surface area contributed by atoms with Crippen molar-refractivity contribution in [3.8, 4) is 5.75 Å². The van der Waals surface area contributed by atoms with Crippen LogP contribution < -0.4 is 25.6 Å². The number of amides is 3. The van der Waals surface area contributed by atoms with E-state index < -0.39 is 23.3 Å². The smallest absolute Gasteiger partial charge is 0.313 e. The molecule has 0 radical (unpaired) electrons. The third-order valence-corrected chi connectivity index (χ3v) is 5.90. The van der Waals surface area contributed by atoms with Gasteiger partial charge in [0, 0.05) is 36.6 Å². The van der Waals surface area contributed by atoms with Gasteiger partial charge in [-0.05, 0) is 36.8 Å². The number of rotatable bonds is 7. The molecule has 0 aromatic heterocycles. The minimum atomic E-state index is -0.970. The van der Waals surface area contributed by atoms with Gasteiger partial charge in [-0.1, -0.05) is 0 Å². The van der Waals surface area contributed by atoms with E-state index >= 15 is 0 Å². The van der Waals surface area contributed by atoms with Crippen LogP contribution in [0, 0.1) is 11.2 Å². The Morgan fingerprint density at radius 1 is 1.11 bits per heavy atom. The largest absolute Gasteiger partial charge is 0.497 e. The number of benzene rings is 2. The Morgan fingerprint density at radius 3 is 2.40 bits per heavy atom. The van der Waals surface area contributed by atoms with Gasteiger partial charge in [-0.2, -0.15) is 0 Å². The van der Waals surface area contributed by atoms with Crippen LogP contribution >= 0.6 is 0 Å². The normalized spacial score (nSPS) is 16.5. The van der Waals surface area contributed by atoms with Crippen molar-refractivity contribution in [1.29, 1.82) is 5.41 Å². The summed E-state index contributed by atoms with van der Waals surface area (Å²) in [5.41, 5.74) is 6.34. The molecular weight excluding hydrogens is 457 g/mol. The van der Waals surface area contributed by atoms with Crippen LogP contribution in [0.2, 0.25) is 0 Å². The number of ether oxygens (including phenoxy) is 2. The Bertz CT molecular complexity index is 1230. The highest BCUT2D eigenvalue weighted by molar-refractivity contribution is 6.44. The maximum Gasteiger partial charge on any atom is 0.313 e. The number of primary amides is 1. The van der Waals surface area contributed by atoms with Crippen LogP contribution in [0.1, 0.15) is 6.42 Å². The average Bonchev–Trinajstić information content (AvgIpc) is 2.86. The van der Waals surface area contributed by atoms with Crippen molar-refractivity contribution in [2.45, 2.75) is 6.42 Å². The minimum absolute atomic E-state index is 0.0107. The standard InChI is InChI=1S/C24H24FN5O5/c1-34-16-6-7-19(18(25)12-16)28-22-17(21(26)23(27)32)8-9-30(24(22)33)15-4-2-14(3-5-15)29-10-11-35-13-20(29)31/h2-7,12,26,28H,8-11,13H2,1H3,(H2,27,32)/p+1. The molecule has 10 nitrogen and oxygen atoms in total. The number of nitrogens with two attached hydrogens (primary N) is 2. The molecule has 0 aliphatic carbocycles. The van der Waals surface area contributed by atoms with Crippen LogP contribution in [0.15, 0.2) is 53.7 Å². The lowest BCUT2D eigenvalue weighted by Gasteiger charge is -2.30.